The Morgan fingerprint density at radius 3 is 0.866 bits per heavy atom. The summed E-state index contributed by atoms with van der Waals surface area (Å²) in [4.78, 5) is 35.4. The van der Waals surface area contributed by atoms with Crippen molar-refractivity contribution in [3.63, 3.8) is 0 Å². The minimum atomic E-state index is -4.39. The Morgan fingerprint density at radius 1 is 0.354 bits per heavy atom. The van der Waals surface area contributed by atoms with E-state index >= 15 is 0 Å². The first-order chi connectivity index (χ1) is 40.3. The van der Waals surface area contributed by atoms with Crippen molar-refractivity contribution in [1.29, 1.82) is 0 Å². The molecule has 0 aliphatic carbocycles. The molecule has 0 bridgehead atoms. The molecule has 10 heteroatoms. The standard InChI is InChI=1S/C72H142NO8P/c1-3-5-7-9-11-13-15-17-19-21-23-25-27-29-31-33-34-35-36-37-39-41-43-45-47-49-51-53-55-57-59-61-63-65-72(75)81-70(69-80-82(76,77)79-67-66-73)68-78-71(74)64-62-60-58-56-54-52-50-48-46-44-42-40-38-32-30-28-26-24-22-20-18-16-14-12-10-8-6-4-2/h21,23,70H,3-20,22,24-69,73H2,1-2H3,(H,76,77)/b23-21-. The minimum Gasteiger partial charge on any atom is -0.462 e. The molecule has 0 rings (SSSR count). The molecule has 0 radical (unpaired) electrons. The normalized spacial score (nSPS) is 12.9. The van der Waals surface area contributed by atoms with Crippen molar-refractivity contribution in [2.45, 2.75) is 412 Å². The number of esters is 2. The fourth-order valence-corrected chi connectivity index (χ4v) is 12.2. The summed E-state index contributed by atoms with van der Waals surface area (Å²) in [5.74, 6) is -0.798. The second kappa shape index (κ2) is 68.9. The summed E-state index contributed by atoms with van der Waals surface area (Å²) in [5.41, 5.74) is 5.41. The number of hydrogen-bond donors (Lipinski definition) is 2. The van der Waals surface area contributed by atoms with Gasteiger partial charge in [-0.25, -0.2) is 4.57 Å². The smallest absolute Gasteiger partial charge is 0.462 e. The van der Waals surface area contributed by atoms with E-state index in [4.69, 9.17) is 24.3 Å². The van der Waals surface area contributed by atoms with Crippen LogP contribution < -0.4 is 5.73 Å². The quantitative estimate of drug-likeness (QED) is 0.0264. The van der Waals surface area contributed by atoms with Crippen LogP contribution in [0.3, 0.4) is 0 Å². The molecule has 3 N–H and O–H groups in total. The Morgan fingerprint density at radius 2 is 0.598 bits per heavy atom. The van der Waals surface area contributed by atoms with E-state index in [2.05, 4.69) is 26.0 Å². The van der Waals surface area contributed by atoms with Crippen LogP contribution >= 0.6 is 7.82 Å². The molecular weight excluding hydrogens is 1040 g/mol. The lowest BCUT2D eigenvalue weighted by Gasteiger charge is -2.19. The third kappa shape index (κ3) is 67.9. The van der Waals surface area contributed by atoms with E-state index in [9.17, 15) is 19.0 Å². The molecule has 0 aromatic carbocycles. The fourth-order valence-electron chi connectivity index (χ4n) is 11.5. The summed E-state index contributed by atoms with van der Waals surface area (Å²) < 4.78 is 33.2. The van der Waals surface area contributed by atoms with Crippen LogP contribution in [0, 0.1) is 0 Å². The van der Waals surface area contributed by atoms with E-state index in [1.165, 1.54) is 340 Å². The van der Waals surface area contributed by atoms with Crippen LogP contribution in [-0.4, -0.2) is 49.3 Å². The molecule has 0 saturated heterocycles. The highest BCUT2D eigenvalue weighted by Crippen LogP contribution is 2.43. The number of phosphoric ester groups is 1. The van der Waals surface area contributed by atoms with Crippen molar-refractivity contribution in [3.8, 4) is 0 Å². The summed E-state index contributed by atoms with van der Waals surface area (Å²) in [6, 6.07) is 0. The van der Waals surface area contributed by atoms with Crippen LogP contribution in [0.25, 0.3) is 0 Å². The highest BCUT2D eigenvalue weighted by atomic mass is 31.2. The average Bonchev–Trinajstić information content (AvgIpc) is 3.47. The molecule has 0 aliphatic rings. The van der Waals surface area contributed by atoms with Gasteiger partial charge >= 0.3 is 19.8 Å². The SMILES string of the molecule is CCCCCCCCCC/C=C\CCCCCCCCCCCCCCCCCCCCCCCC(=O)OC(COC(=O)CCCCCCCCCCCCCCCCCCCCCCCCCCCCCC)COP(=O)(O)OCCN. The van der Waals surface area contributed by atoms with Gasteiger partial charge in [0.05, 0.1) is 13.2 Å². The Labute approximate surface area is 510 Å². The summed E-state index contributed by atoms with van der Waals surface area (Å²) in [6.45, 7) is 3.84. The molecule has 2 atom stereocenters. The number of carbonyl (C=O) groups is 2. The topological polar surface area (TPSA) is 134 Å². The van der Waals surface area contributed by atoms with E-state index in [-0.39, 0.29) is 38.6 Å². The number of carbonyl (C=O) groups excluding carboxylic acids is 2. The van der Waals surface area contributed by atoms with Gasteiger partial charge < -0.3 is 20.1 Å². The van der Waals surface area contributed by atoms with Crippen LogP contribution in [0.4, 0.5) is 0 Å². The minimum absolute atomic E-state index is 0.0580. The van der Waals surface area contributed by atoms with Crippen molar-refractivity contribution in [2.24, 2.45) is 5.73 Å². The summed E-state index contributed by atoms with van der Waals surface area (Å²) >= 11 is 0. The van der Waals surface area contributed by atoms with Crippen molar-refractivity contribution in [1.82, 2.24) is 0 Å². The number of allylic oxidation sites excluding steroid dienone is 2. The van der Waals surface area contributed by atoms with Gasteiger partial charge in [-0.1, -0.05) is 366 Å². The molecular formula is C72H142NO8P. The van der Waals surface area contributed by atoms with E-state index < -0.39 is 26.5 Å². The van der Waals surface area contributed by atoms with Gasteiger partial charge in [0.1, 0.15) is 6.61 Å². The lowest BCUT2D eigenvalue weighted by molar-refractivity contribution is -0.161. The maximum absolute atomic E-state index is 12.8. The van der Waals surface area contributed by atoms with Crippen LogP contribution in [-0.2, 0) is 32.7 Å². The van der Waals surface area contributed by atoms with Gasteiger partial charge in [0, 0.05) is 19.4 Å². The molecule has 0 aromatic heterocycles. The fraction of sp³-hybridized carbons (Fsp3) is 0.944. The van der Waals surface area contributed by atoms with E-state index in [1.54, 1.807) is 0 Å². The molecule has 488 valence electrons. The average molecular weight is 1180 g/mol. The second-order valence-electron chi connectivity index (χ2n) is 25.2. The van der Waals surface area contributed by atoms with Crippen LogP contribution in [0.15, 0.2) is 12.2 Å². The van der Waals surface area contributed by atoms with E-state index in [1.807, 2.05) is 0 Å². The summed E-state index contributed by atoms with van der Waals surface area (Å²) in [5, 5.41) is 0. The van der Waals surface area contributed by atoms with Gasteiger partial charge in [0.25, 0.3) is 0 Å². The molecule has 0 heterocycles. The first kappa shape index (κ1) is 80.8. The molecule has 0 saturated carbocycles. The number of ether oxygens (including phenoxy) is 2. The number of unbranched alkanes of at least 4 members (excludes halogenated alkanes) is 56. The third-order valence-corrected chi connectivity index (χ3v) is 17.9. The highest BCUT2D eigenvalue weighted by molar-refractivity contribution is 7.47. The maximum Gasteiger partial charge on any atom is 0.472 e. The first-order valence-corrected chi connectivity index (χ1v) is 38.2. The number of hydrogen-bond acceptors (Lipinski definition) is 8. The van der Waals surface area contributed by atoms with Gasteiger partial charge in [-0.2, -0.15) is 0 Å². The molecule has 0 aromatic rings. The number of rotatable bonds is 71. The molecule has 0 spiro atoms. The van der Waals surface area contributed by atoms with Gasteiger partial charge in [-0.15, -0.1) is 0 Å². The van der Waals surface area contributed by atoms with Gasteiger partial charge in [-0.3, -0.25) is 18.6 Å². The zero-order chi connectivity index (χ0) is 59.4. The maximum atomic E-state index is 12.8. The van der Waals surface area contributed by atoms with Crippen LogP contribution in [0.1, 0.15) is 406 Å². The van der Waals surface area contributed by atoms with Gasteiger partial charge in [-0.05, 0) is 38.5 Å². The molecule has 82 heavy (non-hydrogen) atoms. The lowest BCUT2D eigenvalue weighted by atomic mass is 10.0. The van der Waals surface area contributed by atoms with Gasteiger partial charge in [0.15, 0.2) is 6.10 Å². The van der Waals surface area contributed by atoms with Crippen molar-refractivity contribution in [3.05, 3.63) is 12.2 Å². The molecule has 9 nitrogen and oxygen atoms in total. The summed E-state index contributed by atoms with van der Waals surface area (Å²) in [7, 11) is -4.39. The first-order valence-electron chi connectivity index (χ1n) is 36.7. The van der Waals surface area contributed by atoms with Crippen LogP contribution in [0.2, 0.25) is 0 Å². The summed E-state index contributed by atoms with van der Waals surface area (Å²) in [6.07, 6.45) is 83.3. The van der Waals surface area contributed by atoms with Gasteiger partial charge in [0.2, 0.25) is 0 Å². The Balaban J connectivity index is 3.78. The molecule has 0 aliphatic heterocycles. The predicted molar refractivity (Wildman–Crippen MR) is 354 cm³/mol. The highest BCUT2D eigenvalue weighted by Gasteiger charge is 2.26. The Bertz CT molecular complexity index is 1350. The zero-order valence-corrected chi connectivity index (χ0v) is 55.9. The van der Waals surface area contributed by atoms with Crippen LogP contribution in [0.5, 0.6) is 0 Å². The number of nitrogens with two attached hydrogens (primary N) is 1. The van der Waals surface area contributed by atoms with E-state index in [0.29, 0.717) is 6.42 Å². The van der Waals surface area contributed by atoms with Crippen molar-refractivity contribution < 1.29 is 37.6 Å². The van der Waals surface area contributed by atoms with Crippen molar-refractivity contribution >= 4 is 19.8 Å². The molecule has 0 amide bonds. The molecule has 0 fully saturated rings. The Kier molecular flexibility index (Phi) is 67.8. The zero-order valence-electron chi connectivity index (χ0n) is 55.0. The lowest BCUT2D eigenvalue weighted by Crippen LogP contribution is -2.29. The monoisotopic (exact) mass is 1180 g/mol. The van der Waals surface area contributed by atoms with E-state index in [0.717, 1.165) is 32.1 Å². The Hall–Kier alpha value is -1.25. The molecule has 2 unspecified atom stereocenters. The largest absolute Gasteiger partial charge is 0.472 e. The second-order valence-corrected chi connectivity index (χ2v) is 26.6. The number of phosphoric acid groups is 1. The third-order valence-electron chi connectivity index (χ3n) is 16.9. The predicted octanol–water partition coefficient (Wildman–Crippen LogP) is 23.9. The van der Waals surface area contributed by atoms with Crippen molar-refractivity contribution in [2.75, 3.05) is 26.4 Å².